The molecule has 1 aliphatic heterocycles. The molecule has 0 spiro atoms. The Morgan fingerprint density at radius 2 is 1.93 bits per heavy atom. The molecular weight excluding hydrogens is 540 g/mol. The van der Waals surface area contributed by atoms with Crippen LogP contribution in [0.2, 0.25) is 0 Å². The maximum atomic E-state index is 15.6. The number of nitrogens with one attached hydrogen (secondary N) is 2. The second-order valence-electron chi connectivity index (χ2n) is 9.92. The summed E-state index contributed by atoms with van der Waals surface area (Å²) in [7, 11) is 1.68. The smallest absolute Gasteiger partial charge is 0.420 e. The van der Waals surface area contributed by atoms with Crippen molar-refractivity contribution in [3.05, 3.63) is 77.9 Å². The zero-order chi connectivity index (χ0) is 28.7. The van der Waals surface area contributed by atoms with Crippen molar-refractivity contribution in [2.24, 2.45) is 7.05 Å². The molecule has 210 valence electrons. The van der Waals surface area contributed by atoms with Gasteiger partial charge in [-0.2, -0.15) is 13.2 Å². The van der Waals surface area contributed by atoms with Crippen molar-refractivity contribution >= 4 is 17.0 Å². The summed E-state index contributed by atoms with van der Waals surface area (Å²) in [6.07, 6.45) is -2.21. The van der Waals surface area contributed by atoms with Crippen LogP contribution in [0.25, 0.3) is 45.1 Å². The summed E-state index contributed by atoms with van der Waals surface area (Å²) in [6, 6.07) is 14.4. The molecule has 1 aliphatic rings. The van der Waals surface area contributed by atoms with Gasteiger partial charge in [-0.3, -0.25) is 4.79 Å². The second-order valence-corrected chi connectivity index (χ2v) is 9.92. The van der Waals surface area contributed by atoms with E-state index >= 15 is 4.39 Å². The molecule has 1 saturated heterocycles. The van der Waals surface area contributed by atoms with E-state index in [4.69, 9.17) is 4.42 Å². The molecular formula is C29H24F4N6O2. The van der Waals surface area contributed by atoms with Gasteiger partial charge in [-0.1, -0.05) is 36.4 Å². The Kier molecular flexibility index (Phi) is 6.78. The highest BCUT2D eigenvalue weighted by Gasteiger charge is 2.36. The largest absolute Gasteiger partial charge is 0.435 e. The predicted octanol–water partition coefficient (Wildman–Crippen LogP) is 5.48. The molecule has 1 amide bonds. The number of hydrogen-bond acceptors (Lipinski definition) is 6. The van der Waals surface area contributed by atoms with Gasteiger partial charge in [0.15, 0.2) is 11.4 Å². The van der Waals surface area contributed by atoms with E-state index in [1.165, 1.54) is 18.5 Å². The van der Waals surface area contributed by atoms with Crippen LogP contribution in [0.4, 0.5) is 17.6 Å². The Morgan fingerprint density at radius 1 is 1.12 bits per heavy atom. The number of aromatic nitrogens is 4. The Morgan fingerprint density at radius 3 is 2.61 bits per heavy atom. The number of benzene rings is 3. The third kappa shape index (κ3) is 5.18. The number of fused-ring (bicyclic) bond motifs is 1. The molecule has 8 nitrogen and oxygen atoms in total. The van der Waals surface area contributed by atoms with Gasteiger partial charge in [0.05, 0.1) is 5.56 Å². The molecule has 0 bridgehead atoms. The first-order chi connectivity index (χ1) is 19.7. The first-order valence-corrected chi connectivity index (χ1v) is 12.9. The molecule has 41 heavy (non-hydrogen) atoms. The van der Waals surface area contributed by atoms with Gasteiger partial charge in [-0.25, -0.2) is 9.37 Å². The topological polar surface area (TPSA) is 97.9 Å². The minimum absolute atomic E-state index is 0.0445. The summed E-state index contributed by atoms with van der Waals surface area (Å²) >= 11 is 0. The molecule has 0 radical (unpaired) electrons. The molecule has 2 N–H and O–H groups in total. The predicted molar refractivity (Wildman–Crippen MR) is 143 cm³/mol. The standard InChI is InChI=1S/C29H24F4N6O2/c1-39-15-35-38-27(39)24-19(17-5-3-2-4-6-17)8-9-21(30)25(24)28-37-22-12-16(11-20(26(22)41-28)29(31,32)33)13-34-14-18-7-10-23(40)36-18/h2-6,8-9,11-12,15,18,34H,7,10,13-14H2,1H3,(H,36,40)/t18-/m0/s1. The van der Waals surface area contributed by atoms with Gasteiger partial charge < -0.3 is 19.6 Å². The normalized spacial score (nSPS) is 15.5. The van der Waals surface area contributed by atoms with Crippen molar-refractivity contribution in [2.45, 2.75) is 31.6 Å². The number of carbonyl (C=O) groups excluding carboxylic acids is 1. The van der Waals surface area contributed by atoms with Gasteiger partial charge in [0.1, 0.15) is 23.2 Å². The lowest BCUT2D eigenvalue weighted by Crippen LogP contribution is -2.35. The maximum absolute atomic E-state index is 15.6. The van der Waals surface area contributed by atoms with Crippen molar-refractivity contribution in [3.8, 4) is 34.0 Å². The minimum atomic E-state index is -4.75. The zero-order valence-corrected chi connectivity index (χ0v) is 21.8. The lowest BCUT2D eigenvalue weighted by molar-refractivity contribution is -0.136. The highest BCUT2D eigenvalue weighted by Crippen LogP contribution is 2.43. The summed E-state index contributed by atoms with van der Waals surface area (Å²) in [5, 5.41) is 14.0. The second kappa shape index (κ2) is 10.4. The first kappa shape index (κ1) is 26.6. The fourth-order valence-electron chi connectivity index (χ4n) is 5.12. The van der Waals surface area contributed by atoms with Crippen LogP contribution < -0.4 is 10.6 Å². The van der Waals surface area contributed by atoms with Crippen LogP contribution in [0.5, 0.6) is 0 Å². The Bertz CT molecular complexity index is 1750. The van der Waals surface area contributed by atoms with E-state index in [1.54, 1.807) is 17.7 Å². The molecule has 3 aromatic carbocycles. The number of hydrogen-bond donors (Lipinski definition) is 2. The quantitative estimate of drug-likeness (QED) is 0.254. The average molecular weight is 565 g/mol. The summed E-state index contributed by atoms with van der Waals surface area (Å²) < 4.78 is 65.5. The van der Waals surface area contributed by atoms with Gasteiger partial charge in [-0.15, -0.1) is 10.2 Å². The zero-order valence-electron chi connectivity index (χ0n) is 21.8. The summed E-state index contributed by atoms with van der Waals surface area (Å²) in [5.74, 6) is -0.793. The van der Waals surface area contributed by atoms with Crippen LogP contribution in [-0.2, 0) is 24.6 Å². The van der Waals surface area contributed by atoms with E-state index in [0.29, 0.717) is 36.3 Å². The van der Waals surface area contributed by atoms with Crippen molar-refractivity contribution in [3.63, 3.8) is 0 Å². The number of aryl methyl sites for hydroxylation is 1. The number of halogens is 4. The average Bonchev–Trinajstić information content (AvgIpc) is 3.67. The number of carbonyl (C=O) groups is 1. The summed E-state index contributed by atoms with van der Waals surface area (Å²) in [4.78, 5) is 15.8. The van der Waals surface area contributed by atoms with Gasteiger partial charge in [0, 0.05) is 38.2 Å². The highest BCUT2D eigenvalue weighted by atomic mass is 19.4. The van der Waals surface area contributed by atoms with Crippen LogP contribution in [0.1, 0.15) is 24.0 Å². The van der Waals surface area contributed by atoms with Crippen molar-refractivity contribution < 1.29 is 26.8 Å². The SMILES string of the molecule is Cn1cnnc1-c1c(-c2ccccc2)ccc(F)c1-c1nc2cc(CNC[C@@H]3CCC(=O)N3)cc(C(F)(F)F)c2o1. The number of alkyl halides is 3. The van der Waals surface area contributed by atoms with Crippen LogP contribution in [0.15, 0.2) is 65.3 Å². The molecule has 0 aliphatic carbocycles. The van der Waals surface area contributed by atoms with Crippen molar-refractivity contribution in [1.29, 1.82) is 0 Å². The molecule has 5 aromatic rings. The summed E-state index contributed by atoms with van der Waals surface area (Å²) in [6.45, 7) is 0.517. The molecule has 2 aromatic heterocycles. The monoisotopic (exact) mass is 564 g/mol. The highest BCUT2D eigenvalue weighted by molar-refractivity contribution is 5.92. The van der Waals surface area contributed by atoms with E-state index in [0.717, 1.165) is 11.6 Å². The van der Waals surface area contributed by atoms with Gasteiger partial charge in [0.2, 0.25) is 11.8 Å². The van der Waals surface area contributed by atoms with E-state index < -0.39 is 23.1 Å². The number of amides is 1. The van der Waals surface area contributed by atoms with Crippen LogP contribution in [0, 0.1) is 5.82 Å². The Balaban J connectivity index is 1.47. The molecule has 3 heterocycles. The summed E-state index contributed by atoms with van der Waals surface area (Å²) in [5.41, 5.74) is 0.244. The van der Waals surface area contributed by atoms with Crippen LogP contribution in [-0.4, -0.2) is 38.2 Å². The fourth-order valence-corrected chi connectivity index (χ4v) is 5.12. The number of rotatable bonds is 7. The Labute approximate surface area is 231 Å². The molecule has 1 fully saturated rings. The van der Waals surface area contributed by atoms with Gasteiger partial charge in [0.25, 0.3) is 0 Å². The van der Waals surface area contributed by atoms with Crippen LogP contribution in [0.3, 0.4) is 0 Å². The van der Waals surface area contributed by atoms with E-state index in [9.17, 15) is 18.0 Å². The molecule has 12 heteroatoms. The van der Waals surface area contributed by atoms with Crippen molar-refractivity contribution in [2.75, 3.05) is 6.54 Å². The number of nitrogens with zero attached hydrogens (tertiary/aromatic N) is 4. The van der Waals surface area contributed by atoms with E-state index in [-0.39, 0.29) is 41.0 Å². The molecule has 0 unspecified atom stereocenters. The van der Waals surface area contributed by atoms with Gasteiger partial charge >= 0.3 is 6.18 Å². The van der Waals surface area contributed by atoms with E-state index in [2.05, 4.69) is 25.8 Å². The Hall–Kier alpha value is -4.58. The number of oxazole rings is 1. The molecule has 1 atom stereocenters. The van der Waals surface area contributed by atoms with E-state index in [1.807, 2.05) is 30.3 Å². The third-order valence-electron chi connectivity index (χ3n) is 7.05. The fraction of sp³-hybridized carbons (Fsp3) is 0.241. The first-order valence-electron chi connectivity index (χ1n) is 12.9. The lowest BCUT2D eigenvalue weighted by atomic mass is 9.94. The van der Waals surface area contributed by atoms with Crippen LogP contribution >= 0.6 is 0 Å². The molecule has 6 rings (SSSR count). The molecule has 0 saturated carbocycles. The minimum Gasteiger partial charge on any atom is -0.435 e. The van der Waals surface area contributed by atoms with Gasteiger partial charge in [-0.05, 0) is 41.3 Å². The van der Waals surface area contributed by atoms with Crippen molar-refractivity contribution in [1.82, 2.24) is 30.4 Å². The lowest BCUT2D eigenvalue weighted by Gasteiger charge is -2.14. The third-order valence-corrected chi connectivity index (χ3v) is 7.05. The maximum Gasteiger partial charge on any atom is 0.420 e.